The highest BCUT2D eigenvalue weighted by atomic mass is 19.1. The molecule has 2 heterocycles. The van der Waals surface area contributed by atoms with Crippen LogP contribution in [0, 0.1) is 23.8 Å². The van der Waals surface area contributed by atoms with Crippen molar-refractivity contribution >= 4 is 5.97 Å². The van der Waals surface area contributed by atoms with Crippen molar-refractivity contribution < 1.29 is 32.9 Å². The molecule has 0 bridgehead atoms. The molecule has 1 aliphatic rings. The van der Waals surface area contributed by atoms with Gasteiger partial charge in [0.15, 0.2) is 0 Å². The normalized spacial score (nSPS) is 20.5. The van der Waals surface area contributed by atoms with Gasteiger partial charge >= 0.3 is 5.97 Å². The summed E-state index contributed by atoms with van der Waals surface area (Å²) in [4.78, 5) is 19.5. The van der Waals surface area contributed by atoms with Gasteiger partial charge in [0.1, 0.15) is 18.0 Å². The van der Waals surface area contributed by atoms with E-state index in [-0.39, 0.29) is 29.1 Å². The van der Waals surface area contributed by atoms with Crippen LogP contribution in [0.4, 0.5) is 8.78 Å². The number of aliphatic hydroxyl groups excluding tert-OH is 1. The number of pyridine rings is 2. The van der Waals surface area contributed by atoms with Crippen molar-refractivity contribution in [2.75, 3.05) is 14.2 Å². The van der Waals surface area contributed by atoms with Gasteiger partial charge in [-0.1, -0.05) is 5.92 Å². The highest BCUT2D eigenvalue weighted by molar-refractivity contribution is 5.79. The average Bonchev–Trinajstić information content (AvgIpc) is 2.84. The summed E-state index contributed by atoms with van der Waals surface area (Å²) < 4.78 is 43.6. The molecule has 1 fully saturated rings. The minimum atomic E-state index is -2.63. The van der Waals surface area contributed by atoms with E-state index < -0.39 is 17.7 Å². The Labute approximate surface area is 191 Å². The number of hydrogen-bond acceptors (Lipinski definition) is 7. The monoisotopic (exact) mass is 460 g/mol. The fourth-order valence-corrected chi connectivity index (χ4v) is 3.85. The van der Waals surface area contributed by atoms with Crippen LogP contribution in [0.3, 0.4) is 0 Å². The van der Waals surface area contributed by atoms with Gasteiger partial charge < -0.3 is 19.3 Å². The standard InChI is InChI=1S/C24H26F2N2O5/c1-24(26,23(30)32-3)22(29)17-8-10-27-21(12-17)33-11-9-15-4-6-16(7-5-15)18-13-20(31-2)28-14-19(18)25/h8,10,12-16,22,29H,4-7H2,1-3H3/t15?,16?,22-,24?/m0/s1. The highest BCUT2D eigenvalue weighted by Crippen LogP contribution is 2.37. The number of alkyl halides is 1. The van der Waals surface area contributed by atoms with Crippen molar-refractivity contribution in [3.8, 4) is 23.8 Å². The third-order valence-electron chi connectivity index (χ3n) is 5.83. The van der Waals surface area contributed by atoms with E-state index in [1.54, 1.807) is 6.07 Å². The molecular weight excluding hydrogens is 434 g/mol. The van der Waals surface area contributed by atoms with Gasteiger partial charge in [-0.25, -0.2) is 23.5 Å². The quantitative estimate of drug-likeness (QED) is 0.517. The van der Waals surface area contributed by atoms with Crippen LogP contribution in [0.1, 0.15) is 55.8 Å². The lowest BCUT2D eigenvalue weighted by Gasteiger charge is -2.26. The molecule has 0 aliphatic heterocycles. The number of nitrogens with zero attached hydrogens (tertiary/aromatic N) is 2. The van der Waals surface area contributed by atoms with Gasteiger partial charge in [0.2, 0.25) is 17.4 Å². The molecule has 1 N–H and O–H groups in total. The van der Waals surface area contributed by atoms with E-state index in [0.29, 0.717) is 11.4 Å². The largest absolute Gasteiger partial charge is 0.481 e. The van der Waals surface area contributed by atoms with Crippen molar-refractivity contribution in [3.63, 3.8) is 0 Å². The van der Waals surface area contributed by atoms with Gasteiger partial charge in [-0.3, -0.25) is 0 Å². The number of aromatic nitrogens is 2. The molecule has 0 spiro atoms. The lowest BCUT2D eigenvalue weighted by atomic mass is 9.79. The van der Waals surface area contributed by atoms with Crippen LogP contribution in [0.25, 0.3) is 0 Å². The first-order valence-electron chi connectivity index (χ1n) is 10.5. The van der Waals surface area contributed by atoms with E-state index >= 15 is 0 Å². The van der Waals surface area contributed by atoms with Crippen molar-refractivity contribution in [1.82, 2.24) is 9.97 Å². The summed E-state index contributed by atoms with van der Waals surface area (Å²) in [5, 5.41) is 10.2. The summed E-state index contributed by atoms with van der Waals surface area (Å²) in [6.07, 6.45) is 6.45. The molecule has 0 amide bonds. The second kappa shape index (κ2) is 10.6. The van der Waals surface area contributed by atoms with E-state index in [1.165, 1.54) is 31.6 Å². The van der Waals surface area contributed by atoms with Crippen molar-refractivity contribution in [2.45, 2.75) is 50.3 Å². The minimum absolute atomic E-state index is 0.0688. The van der Waals surface area contributed by atoms with Crippen LogP contribution in [-0.4, -0.2) is 40.9 Å². The maximum Gasteiger partial charge on any atom is 0.346 e. The molecule has 1 aliphatic carbocycles. The maximum atomic E-state index is 14.6. The number of rotatable bonds is 6. The van der Waals surface area contributed by atoms with E-state index in [9.17, 15) is 18.7 Å². The molecular formula is C24H26F2N2O5. The van der Waals surface area contributed by atoms with E-state index in [1.807, 2.05) is 0 Å². The zero-order valence-corrected chi connectivity index (χ0v) is 18.7. The first-order chi connectivity index (χ1) is 15.8. The Kier molecular flexibility index (Phi) is 7.82. The Hall–Kier alpha value is -3.25. The number of esters is 1. The van der Waals surface area contributed by atoms with Crippen molar-refractivity contribution in [3.05, 3.63) is 47.5 Å². The van der Waals surface area contributed by atoms with Crippen LogP contribution >= 0.6 is 0 Å². The number of carbonyl (C=O) groups is 1. The molecule has 9 heteroatoms. The van der Waals surface area contributed by atoms with E-state index in [4.69, 9.17) is 9.47 Å². The van der Waals surface area contributed by atoms with E-state index in [0.717, 1.165) is 39.7 Å². The zero-order chi connectivity index (χ0) is 24.0. The molecule has 2 aromatic heterocycles. The fraction of sp³-hybridized carbons (Fsp3) is 0.458. The predicted octanol–water partition coefficient (Wildman–Crippen LogP) is 3.87. The first-order valence-corrected chi connectivity index (χ1v) is 10.5. The Morgan fingerprint density at radius 3 is 2.61 bits per heavy atom. The molecule has 2 atom stereocenters. The number of methoxy groups -OCH3 is 2. The van der Waals surface area contributed by atoms with Gasteiger partial charge in [0.05, 0.1) is 20.4 Å². The van der Waals surface area contributed by atoms with Crippen LogP contribution in [0.15, 0.2) is 30.6 Å². The number of hydrogen-bond donors (Lipinski definition) is 1. The molecule has 3 rings (SSSR count). The molecule has 33 heavy (non-hydrogen) atoms. The van der Waals surface area contributed by atoms with Crippen LogP contribution in [0.5, 0.6) is 11.8 Å². The Balaban J connectivity index is 1.59. The SMILES string of the molecule is COC(=O)C(C)(F)[C@@H](O)c1ccnc(OC#CC2CCC(c3cc(OC)ncc3F)CC2)c1. The second-order valence-electron chi connectivity index (χ2n) is 8.04. The predicted molar refractivity (Wildman–Crippen MR) is 115 cm³/mol. The summed E-state index contributed by atoms with van der Waals surface area (Å²) in [6.45, 7) is 0.939. The second-order valence-corrected chi connectivity index (χ2v) is 8.04. The Morgan fingerprint density at radius 2 is 1.94 bits per heavy atom. The molecule has 1 saturated carbocycles. The molecule has 0 aromatic carbocycles. The molecule has 0 radical (unpaired) electrons. The van der Waals surface area contributed by atoms with Gasteiger partial charge in [-0.15, -0.1) is 0 Å². The molecule has 7 nitrogen and oxygen atoms in total. The third kappa shape index (κ3) is 5.76. The Morgan fingerprint density at radius 1 is 1.21 bits per heavy atom. The summed E-state index contributed by atoms with van der Waals surface area (Å²) >= 11 is 0. The summed E-state index contributed by atoms with van der Waals surface area (Å²) in [5.74, 6) is 2.12. The smallest absolute Gasteiger partial charge is 0.346 e. The van der Waals surface area contributed by atoms with Crippen LogP contribution in [0.2, 0.25) is 0 Å². The zero-order valence-electron chi connectivity index (χ0n) is 18.7. The van der Waals surface area contributed by atoms with Crippen LogP contribution < -0.4 is 9.47 Å². The van der Waals surface area contributed by atoms with Crippen molar-refractivity contribution in [1.29, 1.82) is 0 Å². The third-order valence-corrected chi connectivity index (χ3v) is 5.83. The lowest BCUT2D eigenvalue weighted by Crippen LogP contribution is -2.38. The maximum absolute atomic E-state index is 14.6. The summed E-state index contributed by atoms with van der Waals surface area (Å²) in [5.41, 5.74) is -1.92. The highest BCUT2D eigenvalue weighted by Gasteiger charge is 2.43. The summed E-state index contributed by atoms with van der Waals surface area (Å²) in [6, 6.07) is 4.33. The topological polar surface area (TPSA) is 90.8 Å². The Bertz CT molecular complexity index is 1040. The summed E-state index contributed by atoms with van der Waals surface area (Å²) in [7, 11) is 2.54. The van der Waals surface area contributed by atoms with Gasteiger partial charge in [0, 0.05) is 24.2 Å². The number of halogens is 2. The first kappa shape index (κ1) is 24.4. The molecule has 2 aromatic rings. The van der Waals surface area contributed by atoms with Gasteiger partial charge in [-0.2, -0.15) is 0 Å². The molecule has 176 valence electrons. The number of ether oxygens (including phenoxy) is 3. The average molecular weight is 460 g/mol. The molecule has 0 saturated heterocycles. The number of aliphatic hydroxyl groups is 1. The lowest BCUT2D eigenvalue weighted by molar-refractivity contribution is -0.161. The van der Waals surface area contributed by atoms with E-state index in [2.05, 4.69) is 26.7 Å². The van der Waals surface area contributed by atoms with Crippen LogP contribution in [-0.2, 0) is 9.53 Å². The fourth-order valence-electron chi connectivity index (χ4n) is 3.85. The minimum Gasteiger partial charge on any atom is -0.481 e. The van der Waals surface area contributed by atoms with Gasteiger partial charge in [-0.05, 0) is 55.7 Å². The molecule has 1 unspecified atom stereocenters. The number of carbonyl (C=O) groups excluding carboxylic acids is 1. The van der Waals surface area contributed by atoms with Gasteiger partial charge in [0.25, 0.3) is 0 Å². The van der Waals surface area contributed by atoms with Crippen molar-refractivity contribution in [2.24, 2.45) is 5.92 Å².